The predicted octanol–water partition coefficient (Wildman–Crippen LogP) is 1.98. The molecule has 0 radical (unpaired) electrons. The molecule has 2 aromatic rings. The van der Waals surface area contributed by atoms with E-state index < -0.39 is 5.91 Å². The molecule has 98 valence electrons. The zero-order chi connectivity index (χ0) is 13.8. The van der Waals surface area contributed by atoms with Crippen LogP contribution in [-0.4, -0.2) is 15.9 Å². The Morgan fingerprint density at radius 3 is 2.63 bits per heavy atom. The first-order valence-electron chi connectivity index (χ1n) is 5.47. The quantitative estimate of drug-likeness (QED) is 0.589. The average Bonchev–Trinajstić information content (AvgIpc) is 2.42. The molecule has 1 amide bonds. The molecule has 0 aliphatic rings. The second-order valence-electron chi connectivity index (χ2n) is 3.85. The van der Waals surface area contributed by atoms with Gasteiger partial charge in [0.05, 0.1) is 5.02 Å². The van der Waals surface area contributed by atoms with Crippen molar-refractivity contribution in [3.8, 4) is 0 Å². The summed E-state index contributed by atoms with van der Waals surface area (Å²) >= 11 is 5.93. The molecular formula is C12H12ClN5O. The maximum atomic E-state index is 12.0. The van der Waals surface area contributed by atoms with Crippen LogP contribution in [0.4, 0.5) is 11.6 Å². The van der Waals surface area contributed by atoms with E-state index in [1.165, 1.54) is 0 Å². The normalized spacial score (nSPS) is 10.1. The monoisotopic (exact) mass is 277 g/mol. The number of hydrogen-bond donors (Lipinski definition) is 3. The highest BCUT2D eigenvalue weighted by molar-refractivity contribution is 6.34. The number of carbonyl (C=O) groups is 1. The third-order valence-corrected chi connectivity index (χ3v) is 2.67. The Labute approximate surface area is 115 Å². The lowest BCUT2D eigenvalue weighted by atomic mass is 10.3. The molecule has 0 aliphatic heterocycles. The van der Waals surface area contributed by atoms with E-state index in [0.29, 0.717) is 11.6 Å². The van der Waals surface area contributed by atoms with Gasteiger partial charge in [-0.1, -0.05) is 17.7 Å². The summed E-state index contributed by atoms with van der Waals surface area (Å²) in [5.74, 6) is 5.58. The lowest BCUT2D eigenvalue weighted by Crippen LogP contribution is -2.17. The number of aromatic nitrogens is 2. The van der Waals surface area contributed by atoms with Crippen molar-refractivity contribution in [2.24, 2.45) is 5.84 Å². The number of carbonyl (C=O) groups excluding carboxylic acids is 1. The van der Waals surface area contributed by atoms with Crippen molar-refractivity contribution in [1.29, 1.82) is 0 Å². The van der Waals surface area contributed by atoms with Crippen molar-refractivity contribution in [3.05, 3.63) is 46.7 Å². The SMILES string of the molecule is Cc1ccc(NC(=O)c2nc(NN)ccc2Cl)nc1. The number of nitrogens with zero attached hydrogens (tertiary/aromatic N) is 2. The Morgan fingerprint density at radius 1 is 1.26 bits per heavy atom. The van der Waals surface area contributed by atoms with Crippen molar-refractivity contribution >= 4 is 29.1 Å². The number of nitrogens with one attached hydrogen (secondary N) is 2. The highest BCUT2D eigenvalue weighted by Gasteiger charge is 2.13. The molecular weight excluding hydrogens is 266 g/mol. The largest absolute Gasteiger partial charge is 0.308 e. The van der Waals surface area contributed by atoms with Crippen LogP contribution in [-0.2, 0) is 0 Å². The van der Waals surface area contributed by atoms with Crippen LogP contribution >= 0.6 is 11.6 Å². The number of nitrogen functional groups attached to an aromatic ring is 1. The van der Waals surface area contributed by atoms with Crippen molar-refractivity contribution in [3.63, 3.8) is 0 Å². The molecule has 2 aromatic heterocycles. The standard InChI is InChI=1S/C12H12ClN5O/c1-7-2-4-9(15-6-7)17-12(19)11-8(13)3-5-10(16-11)18-14/h2-6H,14H2,1H3,(H,16,18)(H,15,17,19). The summed E-state index contributed by atoms with van der Waals surface area (Å²) < 4.78 is 0. The smallest absolute Gasteiger partial charge is 0.277 e. The number of nitrogens with two attached hydrogens (primary N) is 1. The third kappa shape index (κ3) is 3.18. The number of anilines is 2. The highest BCUT2D eigenvalue weighted by Crippen LogP contribution is 2.17. The maximum absolute atomic E-state index is 12.0. The third-order valence-electron chi connectivity index (χ3n) is 2.36. The number of pyridine rings is 2. The van der Waals surface area contributed by atoms with Crippen LogP contribution in [0.25, 0.3) is 0 Å². The number of amides is 1. The van der Waals surface area contributed by atoms with Crippen LogP contribution in [0.3, 0.4) is 0 Å². The summed E-state index contributed by atoms with van der Waals surface area (Å²) in [5, 5.41) is 2.85. The van der Waals surface area contributed by atoms with E-state index in [-0.39, 0.29) is 10.7 Å². The lowest BCUT2D eigenvalue weighted by molar-refractivity contribution is 0.102. The number of hydrazine groups is 1. The summed E-state index contributed by atoms with van der Waals surface area (Å²) in [7, 11) is 0. The molecule has 6 nitrogen and oxygen atoms in total. The van der Waals surface area contributed by atoms with E-state index in [1.807, 2.05) is 13.0 Å². The minimum atomic E-state index is -0.446. The Morgan fingerprint density at radius 2 is 2.00 bits per heavy atom. The number of halogens is 1. The van der Waals surface area contributed by atoms with Crippen molar-refractivity contribution < 1.29 is 4.79 Å². The van der Waals surface area contributed by atoms with E-state index >= 15 is 0 Å². The van der Waals surface area contributed by atoms with E-state index in [4.69, 9.17) is 17.4 Å². The van der Waals surface area contributed by atoms with Crippen LogP contribution in [0.2, 0.25) is 5.02 Å². The van der Waals surface area contributed by atoms with Gasteiger partial charge in [-0.2, -0.15) is 0 Å². The molecule has 0 saturated carbocycles. The van der Waals surface area contributed by atoms with Gasteiger partial charge in [-0.15, -0.1) is 0 Å². The first-order chi connectivity index (χ1) is 9.10. The summed E-state index contributed by atoms with van der Waals surface area (Å²) in [5.41, 5.74) is 3.44. The first-order valence-corrected chi connectivity index (χ1v) is 5.85. The van der Waals surface area contributed by atoms with Gasteiger partial charge in [-0.25, -0.2) is 15.8 Å². The highest BCUT2D eigenvalue weighted by atomic mass is 35.5. The fraction of sp³-hybridized carbons (Fsp3) is 0.0833. The molecule has 2 rings (SSSR count). The van der Waals surface area contributed by atoms with E-state index in [2.05, 4.69) is 20.7 Å². The van der Waals surface area contributed by atoms with Gasteiger partial charge in [0.15, 0.2) is 0 Å². The van der Waals surface area contributed by atoms with E-state index in [0.717, 1.165) is 5.56 Å². The lowest BCUT2D eigenvalue weighted by Gasteiger charge is -2.07. The minimum absolute atomic E-state index is 0.0829. The average molecular weight is 278 g/mol. The maximum Gasteiger partial charge on any atom is 0.277 e. The van der Waals surface area contributed by atoms with Crippen molar-refractivity contribution in [1.82, 2.24) is 9.97 Å². The van der Waals surface area contributed by atoms with E-state index in [9.17, 15) is 4.79 Å². The predicted molar refractivity (Wildman–Crippen MR) is 74.0 cm³/mol. The van der Waals surface area contributed by atoms with Crippen LogP contribution in [0.1, 0.15) is 16.1 Å². The molecule has 0 saturated heterocycles. The first kappa shape index (κ1) is 13.3. The molecule has 0 bridgehead atoms. The number of rotatable bonds is 3. The van der Waals surface area contributed by atoms with E-state index in [1.54, 1.807) is 24.4 Å². The molecule has 0 aromatic carbocycles. The molecule has 0 unspecified atom stereocenters. The fourth-order valence-corrected chi connectivity index (χ4v) is 1.59. The Balaban J connectivity index is 2.22. The van der Waals surface area contributed by atoms with Gasteiger partial charge in [-0.3, -0.25) is 4.79 Å². The topological polar surface area (TPSA) is 92.9 Å². The second kappa shape index (κ2) is 5.64. The van der Waals surface area contributed by atoms with Gasteiger partial charge in [-0.05, 0) is 30.7 Å². The van der Waals surface area contributed by atoms with Gasteiger partial charge >= 0.3 is 0 Å². The molecule has 19 heavy (non-hydrogen) atoms. The summed E-state index contributed by atoms with van der Waals surface area (Å²) in [6.07, 6.45) is 1.66. The van der Waals surface area contributed by atoms with Crippen molar-refractivity contribution in [2.75, 3.05) is 10.7 Å². The van der Waals surface area contributed by atoms with Crippen LogP contribution in [0.15, 0.2) is 30.5 Å². The number of aryl methyl sites for hydroxylation is 1. The minimum Gasteiger partial charge on any atom is -0.308 e. The molecule has 0 atom stereocenters. The number of hydrogen-bond acceptors (Lipinski definition) is 5. The molecule has 0 aliphatic carbocycles. The fourth-order valence-electron chi connectivity index (χ4n) is 1.40. The van der Waals surface area contributed by atoms with Gasteiger partial charge in [0.2, 0.25) is 0 Å². The Kier molecular flexibility index (Phi) is 3.94. The molecule has 4 N–H and O–H groups in total. The molecule has 2 heterocycles. The Hall–Kier alpha value is -2.18. The van der Waals surface area contributed by atoms with Crippen LogP contribution in [0, 0.1) is 6.92 Å². The Bertz CT molecular complexity index is 600. The van der Waals surface area contributed by atoms with Crippen molar-refractivity contribution in [2.45, 2.75) is 6.92 Å². The van der Waals surface area contributed by atoms with Gasteiger partial charge in [0, 0.05) is 6.20 Å². The van der Waals surface area contributed by atoms with Crippen LogP contribution in [0.5, 0.6) is 0 Å². The molecule has 0 fully saturated rings. The second-order valence-corrected chi connectivity index (χ2v) is 4.25. The summed E-state index contributed by atoms with van der Waals surface area (Å²) in [6.45, 7) is 1.91. The summed E-state index contributed by atoms with van der Waals surface area (Å²) in [6, 6.07) is 6.66. The van der Waals surface area contributed by atoms with Gasteiger partial charge in [0.1, 0.15) is 17.3 Å². The zero-order valence-corrected chi connectivity index (χ0v) is 10.9. The van der Waals surface area contributed by atoms with Crippen LogP contribution < -0.4 is 16.6 Å². The van der Waals surface area contributed by atoms with Gasteiger partial charge < -0.3 is 10.7 Å². The summed E-state index contributed by atoms with van der Waals surface area (Å²) in [4.78, 5) is 20.1. The van der Waals surface area contributed by atoms with Gasteiger partial charge in [0.25, 0.3) is 5.91 Å². The zero-order valence-electron chi connectivity index (χ0n) is 10.1. The molecule has 7 heteroatoms. The molecule has 0 spiro atoms.